The van der Waals surface area contributed by atoms with Crippen molar-refractivity contribution in [3.05, 3.63) is 48.3 Å². The Kier molecular flexibility index (Phi) is 4.82. The third-order valence-corrected chi connectivity index (χ3v) is 5.01. The van der Waals surface area contributed by atoms with Crippen LogP contribution >= 0.6 is 0 Å². The van der Waals surface area contributed by atoms with E-state index in [2.05, 4.69) is 9.97 Å². The Morgan fingerprint density at radius 3 is 2.38 bits per heavy atom. The summed E-state index contributed by atoms with van der Waals surface area (Å²) in [4.78, 5) is 8.17. The van der Waals surface area contributed by atoms with Gasteiger partial charge < -0.3 is 20.1 Å². The van der Waals surface area contributed by atoms with Crippen LogP contribution in [0, 0.1) is 0 Å². The van der Waals surface area contributed by atoms with Crippen molar-refractivity contribution >= 4 is 11.2 Å². The number of pyridine rings is 1. The number of fused-ring (bicyclic) bond motifs is 1. The Labute approximate surface area is 163 Å². The number of alkyl halides is 3. The molecule has 5 atom stereocenters. The normalized spacial score (nSPS) is 28.0. The van der Waals surface area contributed by atoms with Crippen molar-refractivity contribution in [2.45, 2.75) is 43.7 Å². The number of aliphatic hydroxyl groups is 3. The molecule has 1 fully saturated rings. The van der Waals surface area contributed by atoms with E-state index in [1.165, 1.54) is 6.92 Å². The number of rotatable bonds is 2. The third-order valence-electron chi connectivity index (χ3n) is 5.01. The van der Waals surface area contributed by atoms with Gasteiger partial charge in [-0.05, 0) is 13.0 Å². The highest BCUT2D eigenvalue weighted by molar-refractivity contribution is 5.80. The molecule has 0 bridgehead atoms. The molecule has 1 saturated heterocycles. The number of ether oxygens (including phenoxy) is 1. The van der Waals surface area contributed by atoms with E-state index >= 15 is 0 Å². The second kappa shape index (κ2) is 7.06. The number of aliphatic hydroxyl groups excluding tert-OH is 3. The Hall–Kier alpha value is -2.53. The van der Waals surface area contributed by atoms with Crippen molar-refractivity contribution in [1.82, 2.24) is 14.5 Å². The van der Waals surface area contributed by atoms with Gasteiger partial charge in [-0.15, -0.1) is 0 Å². The average Bonchev–Trinajstić information content (AvgIpc) is 3.12. The second-order valence-corrected chi connectivity index (χ2v) is 6.95. The van der Waals surface area contributed by atoms with E-state index in [0.717, 1.165) is 17.0 Å². The van der Waals surface area contributed by atoms with E-state index in [9.17, 15) is 28.5 Å². The van der Waals surface area contributed by atoms with Gasteiger partial charge in [-0.25, -0.2) is 9.97 Å². The molecule has 29 heavy (non-hydrogen) atoms. The molecule has 0 unspecified atom stereocenters. The second-order valence-electron chi connectivity index (χ2n) is 6.95. The zero-order valence-electron chi connectivity index (χ0n) is 15.2. The fourth-order valence-electron chi connectivity index (χ4n) is 3.43. The Morgan fingerprint density at radius 1 is 1.03 bits per heavy atom. The SMILES string of the molecule is C[C@H]1O[C@H](n2cnc3c(C(F)(F)F)cc(-c4ccccc4)nc32)[C@@H](O)[C@@H](O)[C@@H]1O. The Balaban J connectivity index is 1.91. The van der Waals surface area contributed by atoms with Gasteiger partial charge in [0.15, 0.2) is 11.9 Å². The third kappa shape index (κ3) is 3.38. The van der Waals surface area contributed by atoms with Crippen LogP contribution in [0.1, 0.15) is 18.7 Å². The molecule has 0 radical (unpaired) electrons. The van der Waals surface area contributed by atoms with Gasteiger partial charge in [0.2, 0.25) is 0 Å². The number of aromatic nitrogens is 3. The maximum Gasteiger partial charge on any atom is 0.418 e. The molecule has 154 valence electrons. The van der Waals surface area contributed by atoms with Crippen molar-refractivity contribution in [3.63, 3.8) is 0 Å². The van der Waals surface area contributed by atoms with E-state index in [1.54, 1.807) is 30.3 Å². The number of nitrogens with zero attached hydrogens (tertiary/aromatic N) is 3. The van der Waals surface area contributed by atoms with Crippen LogP contribution in [-0.2, 0) is 10.9 Å². The minimum absolute atomic E-state index is 0.0751. The molecule has 1 aromatic carbocycles. The maximum absolute atomic E-state index is 13.7. The number of benzene rings is 1. The molecule has 1 aliphatic heterocycles. The molecule has 0 amide bonds. The lowest BCUT2D eigenvalue weighted by Gasteiger charge is -2.39. The van der Waals surface area contributed by atoms with Gasteiger partial charge in [0.25, 0.3) is 0 Å². The van der Waals surface area contributed by atoms with Crippen LogP contribution in [-0.4, -0.2) is 54.3 Å². The summed E-state index contributed by atoms with van der Waals surface area (Å²) in [6.07, 6.45) is -10.2. The lowest BCUT2D eigenvalue weighted by atomic mass is 9.99. The fourth-order valence-corrected chi connectivity index (χ4v) is 3.43. The fraction of sp³-hybridized carbons (Fsp3) is 0.368. The molecular formula is C19H18F3N3O4. The predicted molar refractivity (Wildman–Crippen MR) is 95.6 cm³/mol. The molecule has 3 N–H and O–H groups in total. The number of hydrogen-bond donors (Lipinski definition) is 3. The molecule has 2 aromatic heterocycles. The van der Waals surface area contributed by atoms with E-state index in [0.29, 0.717) is 5.56 Å². The first kappa shape index (κ1) is 19.8. The van der Waals surface area contributed by atoms with E-state index in [-0.39, 0.29) is 11.3 Å². The number of imidazole rings is 1. The van der Waals surface area contributed by atoms with Gasteiger partial charge in [-0.2, -0.15) is 13.2 Å². The predicted octanol–water partition coefficient (Wildman–Crippen LogP) is 2.12. The van der Waals surface area contributed by atoms with E-state index in [1.807, 2.05) is 0 Å². The number of halogens is 3. The Bertz CT molecular complexity index is 1020. The summed E-state index contributed by atoms with van der Waals surface area (Å²) in [5.74, 6) is 0. The first-order valence-corrected chi connectivity index (χ1v) is 8.88. The highest BCUT2D eigenvalue weighted by Gasteiger charge is 2.44. The molecular weight excluding hydrogens is 391 g/mol. The summed E-state index contributed by atoms with van der Waals surface area (Å²) >= 11 is 0. The van der Waals surface area contributed by atoms with Crippen LogP contribution in [0.15, 0.2) is 42.7 Å². The number of hydrogen-bond acceptors (Lipinski definition) is 6. The zero-order chi connectivity index (χ0) is 20.9. The van der Waals surface area contributed by atoms with E-state index in [4.69, 9.17) is 4.74 Å². The monoisotopic (exact) mass is 409 g/mol. The van der Waals surface area contributed by atoms with Crippen LogP contribution in [0.5, 0.6) is 0 Å². The van der Waals surface area contributed by atoms with Crippen molar-refractivity contribution in [2.75, 3.05) is 0 Å². The first-order valence-electron chi connectivity index (χ1n) is 8.88. The summed E-state index contributed by atoms with van der Waals surface area (Å²) in [7, 11) is 0. The first-order chi connectivity index (χ1) is 13.7. The molecule has 3 aromatic rings. The van der Waals surface area contributed by atoms with Gasteiger partial charge in [0.05, 0.1) is 23.7 Å². The van der Waals surface area contributed by atoms with Crippen molar-refractivity contribution in [3.8, 4) is 11.3 Å². The van der Waals surface area contributed by atoms with Crippen LogP contribution < -0.4 is 0 Å². The standard InChI is InChI=1S/C19H18F3N3O4/c1-9-14(26)15(27)16(28)18(29-9)25-8-23-13-11(19(20,21)22)7-12(24-17(13)25)10-5-3-2-4-6-10/h2-9,14-16,18,26-28H,1H3/t9-,14-,15+,16+,18+/m1/s1. The highest BCUT2D eigenvalue weighted by atomic mass is 19.4. The molecule has 3 heterocycles. The van der Waals surface area contributed by atoms with Crippen LogP contribution in [0.25, 0.3) is 22.4 Å². The summed E-state index contributed by atoms with van der Waals surface area (Å²) in [5.41, 5.74) is -0.980. The minimum Gasteiger partial charge on any atom is -0.388 e. The van der Waals surface area contributed by atoms with Gasteiger partial charge in [-0.1, -0.05) is 30.3 Å². The highest BCUT2D eigenvalue weighted by Crippen LogP contribution is 2.38. The lowest BCUT2D eigenvalue weighted by molar-refractivity contribution is -0.239. The molecule has 0 saturated carbocycles. The van der Waals surface area contributed by atoms with Crippen LogP contribution in [0.2, 0.25) is 0 Å². The summed E-state index contributed by atoms with van der Waals surface area (Å²) in [6, 6.07) is 9.27. The molecule has 7 nitrogen and oxygen atoms in total. The van der Waals surface area contributed by atoms with Gasteiger partial charge in [0.1, 0.15) is 23.8 Å². The van der Waals surface area contributed by atoms with Crippen LogP contribution in [0.4, 0.5) is 13.2 Å². The quantitative estimate of drug-likeness (QED) is 0.600. The Morgan fingerprint density at radius 2 is 1.72 bits per heavy atom. The van der Waals surface area contributed by atoms with Gasteiger partial charge >= 0.3 is 6.18 Å². The smallest absolute Gasteiger partial charge is 0.388 e. The topological polar surface area (TPSA) is 101 Å². The summed E-state index contributed by atoms with van der Waals surface area (Å²) < 4.78 is 47.8. The molecule has 0 aliphatic carbocycles. The minimum atomic E-state index is -4.68. The molecule has 10 heteroatoms. The van der Waals surface area contributed by atoms with E-state index < -0.39 is 47.9 Å². The van der Waals surface area contributed by atoms with Gasteiger partial charge in [-0.3, -0.25) is 4.57 Å². The maximum atomic E-state index is 13.7. The van der Waals surface area contributed by atoms with Crippen molar-refractivity contribution in [1.29, 1.82) is 0 Å². The zero-order valence-corrected chi connectivity index (χ0v) is 15.2. The molecule has 0 spiro atoms. The summed E-state index contributed by atoms with van der Waals surface area (Å²) in [6.45, 7) is 1.48. The van der Waals surface area contributed by atoms with Crippen LogP contribution in [0.3, 0.4) is 0 Å². The van der Waals surface area contributed by atoms with Crippen molar-refractivity contribution in [2.24, 2.45) is 0 Å². The molecule has 1 aliphatic rings. The lowest BCUT2D eigenvalue weighted by Crippen LogP contribution is -2.54. The largest absolute Gasteiger partial charge is 0.418 e. The molecule has 4 rings (SSSR count). The van der Waals surface area contributed by atoms with Crippen molar-refractivity contribution < 1.29 is 33.2 Å². The van der Waals surface area contributed by atoms with Gasteiger partial charge in [0, 0.05) is 5.56 Å². The summed E-state index contributed by atoms with van der Waals surface area (Å²) in [5, 5.41) is 30.3. The average molecular weight is 409 g/mol.